The van der Waals surface area contributed by atoms with E-state index in [9.17, 15) is 19.2 Å². The van der Waals surface area contributed by atoms with Crippen LogP contribution >= 0.6 is 0 Å². The smallest absolute Gasteiger partial charge is 0.255 e. The summed E-state index contributed by atoms with van der Waals surface area (Å²) in [5, 5.41) is 0.304. The third-order valence-corrected chi connectivity index (χ3v) is 6.93. The molecule has 3 aliphatic heterocycles. The lowest BCUT2D eigenvalue weighted by atomic mass is 9.55. The molecule has 2 saturated heterocycles. The number of rotatable bonds is 6. The maximum atomic E-state index is 13.1. The van der Waals surface area contributed by atoms with E-state index in [-0.39, 0.29) is 66.0 Å². The summed E-state index contributed by atoms with van der Waals surface area (Å²) < 4.78 is 11.2. The van der Waals surface area contributed by atoms with Gasteiger partial charge in [0.1, 0.15) is 49.8 Å². The molecule has 2 aromatic carbocycles. The molecule has 13 heteroatoms. The summed E-state index contributed by atoms with van der Waals surface area (Å²) in [6.07, 6.45) is 0.372. The molecule has 4 amide bonds. The predicted octanol–water partition coefficient (Wildman–Crippen LogP) is -2.08. The molecule has 2 aromatic rings. The van der Waals surface area contributed by atoms with Gasteiger partial charge in [0.15, 0.2) is 0 Å². The second-order valence-electron chi connectivity index (χ2n) is 9.59. The van der Waals surface area contributed by atoms with E-state index in [1.165, 1.54) is 4.90 Å². The maximum Gasteiger partial charge on any atom is 0.255 e. The molecule has 8 radical (unpaired) electrons. The Morgan fingerprint density at radius 1 is 1.11 bits per heavy atom. The second kappa shape index (κ2) is 10.0. The minimum Gasteiger partial charge on any atom is -0.502 e. The zero-order chi connectivity index (χ0) is 27.2. The lowest BCUT2D eigenvalue weighted by Crippen LogP contribution is -2.52. The quantitative estimate of drug-likeness (QED) is 0.359. The monoisotopic (exact) mass is 503 g/mol. The second-order valence-corrected chi connectivity index (χ2v) is 9.59. The molecule has 0 spiro atoms. The summed E-state index contributed by atoms with van der Waals surface area (Å²) >= 11 is 0. The topological polar surface area (TPSA) is 105 Å². The van der Waals surface area contributed by atoms with Crippen LogP contribution in [0.2, 0.25) is 0 Å². The average molecular weight is 503 g/mol. The SMILES string of the molecule is [B]c1cc(CN2CCOCC2=O)cc([B])c1C([B])([B])Oc1cccc2c1CN(C1CCC(=O)NC1=O)C2=O. The molecule has 5 rings (SSSR count). The van der Waals surface area contributed by atoms with Crippen molar-refractivity contribution in [1.29, 1.82) is 0 Å². The van der Waals surface area contributed by atoms with Crippen LogP contribution in [0.25, 0.3) is 0 Å². The molecular weight excluding hydrogens is 482 g/mol. The number of nitrogens with zero attached hydrogens (tertiary/aromatic N) is 2. The average Bonchev–Trinajstić information content (AvgIpc) is 3.17. The van der Waals surface area contributed by atoms with E-state index in [0.717, 1.165) is 0 Å². The molecule has 1 N–H and O–H groups in total. The summed E-state index contributed by atoms with van der Waals surface area (Å²) in [7, 11) is 25.4. The van der Waals surface area contributed by atoms with Crippen LogP contribution in [0.4, 0.5) is 0 Å². The number of piperidine rings is 1. The van der Waals surface area contributed by atoms with Gasteiger partial charge < -0.3 is 19.3 Å². The van der Waals surface area contributed by atoms with Gasteiger partial charge in [0, 0.05) is 36.0 Å². The predicted molar refractivity (Wildman–Crippen MR) is 140 cm³/mol. The van der Waals surface area contributed by atoms with Crippen LogP contribution in [-0.2, 0) is 37.6 Å². The molecule has 3 aliphatic rings. The number of carbonyl (C=O) groups is 4. The van der Waals surface area contributed by atoms with Crippen LogP contribution in [0.15, 0.2) is 30.3 Å². The van der Waals surface area contributed by atoms with E-state index < -0.39 is 17.3 Å². The molecule has 1 unspecified atom stereocenters. The van der Waals surface area contributed by atoms with Gasteiger partial charge in [0.25, 0.3) is 5.91 Å². The number of benzene rings is 2. The van der Waals surface area contributed by atoms with Crippen molar-refractivity contribution in [1.82, 2.24) is 15.1 Å². The summed E-state index contributed by atoms with van der Waals surface area (Å²) in [6.45, 7) is 1.29. The van der Waals surface area contributed by atoms with E-state index >= 15 is 0 Å². The van der Waals surface area contributed by atoms with Crippen molar-refractivity contribution in [3.8, 4) is 5.75 Å². The number of hydrogen-bond donors (Lipinski definition) is 1. The highest BCUT2D eigenvalue weighted by Gasteiger charge is 2.40. The van der Waals surface area contributed by atoms with Gasteiger partial charge in [0.05, 0.1) is 13.2 Å². The number of morpholine rings is 1. The number of imide groups is 1. The molecule has 0 aliphatic carbocycles. The van der Waals surface area contributed by atoms with E-state index in [2.05, 4.69) is 5.32 Å². The van der Waals surface area contributed by atoms with Gasteiger partial charge in [-0.1, -0.05) is 29.1 Å². The van der Waals surface area contributed by atoms with Crippen LogP contribution < -0.4 is 21.0 Å². The highest BCUT2D eigenvalue weighted by Crippen LogP contribution is 2.35. The van der Waals surface area contributed by atoms with Crippen LogP contribution in [0.5, 0.6) is 5.75 Å². The Bertz CT molecular complexity index is 1330. The lowest BCUT2D eigenvalue weighted by Gasteiger charge is -2.34. The van der Waals surface area contributed by atoms with Crippen molar-refractivity contribution >= 4 is 65.9 Å². The number of nitrogens with one attached hydrogen (secondary N) is 1. The van der Waals surface area contributed by atoms with Crippen molar-refractivity contribution in [2.75, 3.05) is 19.8 Å². The van der Waals surface area contributed by atoms with Gasteiger partial charge in [-0.25, -0.2) is 0 Å². The fourth-order valence-electron chi connectivity index (χ4n) is 5.12. The normalized spacial score (nSPS) is 19.9. The molecule has 2 fully saturated rings. The summed E-state index contributed by atoms with van der Waals surface area (Å²) in [4.78, 5) is 52.2. The first-order valence-corrected chi connectivity index (χ1v) is 12.1. The molecular formula is C25H21B4N3O6. The van der Waals surface area contributed by atoms with Crippen molar-refractivity contribution < 1.29 is 28.7 Å². The molecule has 38 heavy (non-hydrogen) atoms. The molecule has 184 valence electrons. The summed E-state index contributed by atoms with van der Waals surface area (Å²) in [6, 6.07) is 7.34. The lowest BCUT2D eigenvalue weighted by molar-refractivity contribution is -0.143. The van der Waals surface area contributed by atoms with E-state index in [1.54, 1.807) is 35.2 Å². The maximum absolute atomic E-state index is 13.1. The van der Waals surface area contributed by atoms with Gasteiger partial charge in [-0.15, -0.1) is 0 Å². The zero-order valence-corrected chi connectivity index (χ0v) is 20.6. The largest absolute Gasteiger partial charge is 0.502 e. The van der Waals surface area contributed by atoms with E-state index in [1.807, 2.05) is 0 Å². The molecule has 3 heterocycles. The number of ether oxygens (including phenoxy) is 2. The number of carbonyl (C=O) groups excluding carboxylic acids is 4. The van der Waals surface area contributed by atoms with Crippen molar-refractivity contribution in [3.63, 3.8) is 0 Å². The third kappa shape index (κ3) is 4.87. The highest BCUT2D eigenvalue weighted by atomic mass is 16.5. The standard InChI is InChI=1S/C25H21B4N3O6/c26-16-8-13(10-31-6-7-37-12-21(31)34)9-17(27)22(16)25(28,29)38-19-3-1-2-14-15(19)11-32(24(14)36)18-4-5-20(33)30-23(18)35/h1-3,8-9,18H,4-7,10-12H2,(H,30,33,35). The molecule has 9 nitrogen and oxygen atoms in total. The van der Waals surface area contributed by atoms with Crippen molar-refractivity contribution in [2.45, 2.75) is 37.4 Å². The van der Waals surface area contributed by atoms with Gasteiger partial charge in [-0.2, -0.15) is 0 Å². The first-order valence-electron chi connectivity index (χ1n) is 12.1. The van der Waals surface area contributed by atoms with E-state index in [0.29, 0.717) is 36.4 Å². The van der Waals surface area contributed by atoms with Crippen molar-refractivity contribution in [3.05, 3.63) is 52.6 Å². The van der Waals surface area contributed by atoms with Gasteiger partial charge in [-0.05, 0) is 29.7 Å². The van der Waals surface area contributed by atoms with Crippen LogP contribution in [0.1, 0.15) is 39.9 Å². The molecule has 1 atom stereocenters. The Hall–Kier alpha value is -3.46. The molecule has 0 saturated carbocycles. The Morgan fingerprint density at radius 2 is 1.84 bits per heavy atom. The molecule has 0 aromatic heterocycles. The summed E-state index contributed by atoms with van der Waals surface area (Å²) in [5.41, 5.74) is 2.05. The number of hydrogen-bond acceptors (Lipinski definition) is 6. The Morgan fingerprint density at radius 3 is 2.53 bits per heavy atom. The Balaban J connectivity index is 1.38. The van der Waals surface area contributed by atoms with Crippen LogP contribution in [-0.4, -0.2) is 90.6 Å². The minimum absolute atomic E-state index is 0.0243. The van der Waals surface area contributed by atoms with Crippen LogP contribution in [0, 0.1) is 0 Å². The van der Waals surface area contributed by atoms with E-state index in [4.69, 9.17) is 40.9 Å². The van der Waals surface area contributed by atoms with Gasteiger partial charge in [-0.3, -0.25) is 24.5 Å². The van der Waals surface area contributed by atoms with Crippen molar-refractivity contribution in [2.24, 2.45) is 0 Å². The van der Waals surface area contributed by atoms with Gasteiger partial charge >= 0.3 is 0 Å². The third-order valence-electron chi connectivity index (χ3n) is 6.93. The zero-order valence-electron chi connectivity index (χ0n) is 20.6. The summed E-state index contributed by atoms with van der Waals surface area (Å²) in [5.74, 6) is -1.14. The highest BCUT2D eigenvalue weighted by molar-refractivity contribution is 6.47. The Kier molecular flexibility index (Phi) is 6.90. The number of amides is 4. The number of fused-ring (bicyclic) bond motifs is 1. The van der Waals surface area contributed by atoms with Crippen LogP contribution in [0.3, 0.4) is 0 Å². The fraction of sp³-hybridized carbons (Fsp3) is 0.360. The fourth-order valence-corrected chi connectivity index (χ4v) is 5.12. The minimum atomic E-state index is -1.97. The Labute approximate surface area is 225 Å². The molecule has 0 bridgehead atoms. The first kappa shape index (κ1) is 26.2. The van der Waals surface area contributed by atoms with Gasteiger partial charge in [0.2, 0.25) is 17.7 Å². The first-order chi connectivity index (χ1) is 18.0.